The number of rotatable bonds is 4. The SMILES string of the molecule is COc1ccc(N2C(=O)c3cccnc3[C@@H]2Nc2ccc(Br)cc2)cc1. The summed E-state index contributed by atoms with van der Waals surface area (Å²) in [6.07, 6.45) is 1.33. The predicted molar refractivity (Wildman–Crippen MR) is 105 cm³/mol. The number of pyridine rings is 1. The normalized spacial score (nSPS) is 15.7. The lowest BCUT2D eigenvalue weighted by atomic mass is 10.2. The Kier molecular flexibility index (Phi) is 4.34. The van der Waals surface area contributed by atoms with Gasteiger partial charge < -0.3 is 10.1 Å². The monoisotopic (exact) mass is 409 g/mol. The van der Waals surface area contributed by atoms with Crippen molar-refractivity contribution in [3.63, 3.8) is 0 Å². The number of carbonyl (C=O) groups is 1. The van der Waals surface area contributed by atoms with Gasteiger partial charge in [-0.15, -0.1) is 0 Å². The molecule has 0 aliphatic carbocycles. The predicted octanol–water partition coefficient (Wildman–Crippen LogP) is 4.62. The van der Waals surface area contributed by atoms with Crippen LogP contribution in [0.25, 0.3) is 0 Å². The van der Waals surface area contributed by atoms with Crippen molar-refractivity contribution >= 4 is 33.2 Å². The van der Waals surface area contributed by atoms with Gasteiger partial charge in [-0.05, 0) is 60.7 Å². The van der Waals surface area contributed by atoms with E-state index in [0.29, 0.717) is 5.56 Å². The summed E-state index contributed by atoms with van der Waals surface area (Å²) < 4.78 is 6.21. The fourth-order valence-corrected chi connectivity index (χ4v) is 3.30. The number of hydrogen-bond donors (Lipinski definition) is 1. The van der Waals surface area contributed by atoms with E-state index >= 15 is 0 Å². The molecule has 1 aliphatic heterocycles. The highest BCUT2D eigenvalue weighted by Gasteiger charge is 2.38. The second-order valence-electron chi connectivity index (χ2n) is 5.86. The number of anilines is 2. The number of carbonyl (C=O) groups excluding carboxylic acids is 1. The molecule has 4 rings (SSSR count). The van der Waals surface area contributed by atoms with Crippen molar-refractivity contribution in [2.24, 2.45) is 0 Å². The third kappa shape index (κ3) is 2.93. The minimum Gasteiger partial charge on any atom is -0.497 e. The van der Waals surface area contributed by atoms with Crippen LogP contribution in [-0.2, 0) is 0 Å². The van der Waals surface area contributed by atoms with Crippen LogP contribution in [0.1, 0.15) is 22.2 Å². The Morgan fingerprint density at radius 3 is 2.50 bits per heavy atom. The van der Waals surface area contributed by atoms with Gasteiger partial charge in [-0.1, -0.05) is 15.9 Å². The second-order valence-corrected chi connectivity index (χ2v) is 6.78. The van der Waals surface area contributed by atoms with Crippen LogP contribution >= 0.6 is 15.9 Å². The molecular weight excluding hydrogens is 394 g/mol. The van der Waals surface area contributed by atoms with E-state index in [9.17, 15) is 4.79 Å². The molecule has 2 aromatic carbocycles. The molecule has 0 saturated carbocycles. The molecule has 0 spiro atoms. The van der Waals surface area contributed by atoms with Crippen LogP contribution in [-0.4, -0.2) is 18.0 Å². The lowest BCUT2D eigenvalue weighted by molar-refractivity contribution is 0.0993. The minimum atomic E-state index is -0.381. The van der Waals surface area contributed by atoms with Gasteiger partial charge in [0.05, 0.1) is 18.4 Å². The summed E-state index contributed by atoms with van der Waals surface area (Å²) >= 11 is 3.44. The van der Waals surface area contributed by atoms with E-state index in [1.165, 1.54) is 0 Å². The molecule has 1 N–H and O–H groups in total. The molecular formula is C20H16BrN3O2. The topological polar surface area (TPSA) is 54.5 Å². The van der Waals surface area contributed by atoms with Crippen LogP contribution in [0.4, 0.5) is 11.4 Å². The van der Waals surface area contributed by atoms with Gasteiger partial charge in [-0.2, -0.15) is 0 Å². The molecule has 1 aliphatic rings. The van der Waals surface area contributed by atoms with Crippen LogP contribution in [0.15, 0.2) is 71.3 Å². The highest BCUT2D eigenvalue weighted by molar-refractivity contribution is 9.10. The number of fused-ring (bicyclic) bond motifs is 1. The third-order valence-electron chi connectivity index (χ3n) is 4.30. The molecule has 6 heteroatoms. The van der Waals surface area contributed by atoms with Crippen molar-refractivity contribution in [1.82, 2.24) is 4.98 Å². The van der Waals surface area contributed by atoms with E-state index in [0.717, 1.165) is 27.3 Å². The quantitative estimate of drug-likeness (QED) is 0.682. The minimum absolute atomic E-state index is 0.0760. The van der Waals surface area contributed by atoms with Gasteiger partial charge in [0.2, 0.25) is 0 Å². The van der Waals surface area contributed by atoms with E-state index in [2.05, 4.69) is 26.2 Å². The maximum atomic E-state index is 13.0. The lowest BCUT2D eigenvalue weighted by Crippen LogP contribution is -2.32. The van der Waals surface area contributed by atoms with Gasteiger partial charge >= 0.3 is 0 Å². The molecule has 0 fully saturated rings. The summed E-state index contributed by atoms with van der Waals surface area (Å²) in [5.41, 5.74) is 3.01. The first-order chi connectivity index (χ1) is 12.7. The fraction of sp³-hybridized carbons (Fsp3) is 0.100. The van der Waals surface area contributed by atoms with Gasteiger partial charge in [-0.25, -0.2) is 0 Å². The van der Waals surface area contributed by atoms with Gasteiger partial charge in [0.1, 0.15) is 5.75 Å². The molecule has 1 aromatic heterocycles. The number of nitrogens with zero attached hydrogens (tertiary/aromatic N) is 2. The van der Waals surface area contributed by atoms with Crippen molar-refractivity contribution in [1.29, 1.82) is 0 Å². The van der Waals surface area contributed by atoms with Gasteiger partial charge in [-0.3, -0.25) is 14.7 Å². The number of amides is 1. The molecule has 0 bridgehead atoms. The van der Waals surface area contributed by atoms with Crippen LogP contribution in [0.3, 0.4) is 0 Å². The van der Waals surface area contributed by atoms with Crippen molar-refractivity contribution < 1.29 is 9.53 Å². The van der Waals surface area contributed by atoms with Gasteiger partial charge in [0.15, 0.2) is 6.17 Å². The molecule has 1 atom stereocenters. The Hall–Kier alpha value is -2.86. The van der Waals surface area contributed by atoms with E-state index in [1.54, 1.807) is 24.3 Å². The highest BCUT2D eigenvalue weighted by Crippen LogP contribution is 2.37. The van der Waals surface area contributed by atoms with Crippen LogP contribution < -0.4 is 15.0 Å². The van der Waals surface area contributed by atoms with E-state index < -0.39 is 0 Å². The Balaban J connectivity index is 1.75. The van der Waals surface area contributed by atoms with Gasteiger partial charge in [0, 0.05) is 22.0 Å². The number of nitrogens with one attached hydrogen (secondary N) is 1. The zero-order chi connectivity index (χ0) is 18.1. The number of methoxy groups -OCH3 is 1. The molecule has 130 valence electrons. The molecule has 3 aromatic rings. The lowest BCUT2D eigenvalue weighted by Gasteiger charge is -2.26. The van der Waals surface area contributed by atoms with Crippen LogP contribution in [0, 0.1) is 0 Å². The molecule has 26 heavy (non-hydrogen) atoms. The Morgan fingerprint density at radius 1 is 1.08 bits per heavy atom. The van der Waals surface area contributed by atoms with Crippen molar-refractivity contribution in [2.75, 3.05) is 17.3 Å². The standard InChI is InChI=1S/C20H16BrN3O2/c1-26-16-10-8-15(9-11-16)24-19(23-14-6-4-13(21)5-7-14)18-17(20(24)25)3-2-12-22-18/h2-12,19,23H,1H3/t19-/m1/s1. The van der Waals surface area contributed by atoms with Crippen molar-refractivity contribution in [2.45, 2.75) is 6.17 Å². The smallest absolute Gasteiger partial charge is 0.262 e. The summed E-state index contributed by atoms with van der Waals surface area (Å²) in [5.74, 6) is 0.668. The van der Waals surface area contributed by atoms with Crippen LogP contribution in [0.2, 0.25) is 0 Å². The summed E-state index contributed by atoms with van der Waals surface area (Å²) in [6, 6.07) is 18.9. The molecule has 1 amide bonds. The average molecular weight is 410 g/mol. The van der Waals surface area contributed by atoms with E-state index in [4.69, 9.17) is 4.74 Å². The summed E-state index contributed by atoms with van der Waals surface area (Å²) in [6.45, 7) is 0. The maximum absolute atomic E-state index is 13.0. The molecule has 0 saturated heterocycles. The number of hydrogen-bond acceptors (Lipinski definition) is 4. The number of halogens is 1. The number of aromatic nitrogens is 1. The van der Waals surface area contributed by atoms with Crippen molar-refractivity contribution in [3.05, 3.63) is 82.6 Å². The van der Waals surface area contributed by atoms with Gasteiger partial charge in [0.25, 0.3) is 5.91 Å². The molecule has 5 nitrogen and oxygen atoms in total. The first kappa shape index (κ1) is 16.6. The first-order valence-electron chi connectivity index (χ1n) is 8.12. The number of ether oxygens (including phenoxy) is 1. The van der Waals surface area contributed by atoms with E-state index in [1.807, 2.05) is 54.6 Å². The largest absolute Gasteiger partial charge is 0.497 e. The maximum Gasteiger partial charge on any atom is 0.262 e. The highest BCUT2D eigenvalue weighted by atomic mass is 79.9. The summed E-state index contributed by atoms with van der Waals surface area (Å²) in [4.78, 5) is 19.2. The van der Waals surface area contributed by atoms with Crippen LogP contribution in [0.5, 0.6) is 5.75 Å². The second kappa shape index (κ2) is 6.80. The molecule has 0 unspecified atom stereocenters. The molecule has 2 heterocycles. The summed E-state index contributed by atoms with van der Waals surface area (Å²) in [7, 11) is 1.62. The zero-order valence-corrected chi connectivity index (χ0v) is 15.6. The summed E-state index contributed by atoms with van der Waals surface area (Å²) in [5, 5.41) is 3.42. The average Bonchev–Trinajstić information content (AvgIpc) is 2.96. The number of benzene rings is 2. The first-order valence-corrected chi connectivity index (χ1v) is 8.91. The van der Waals surface area contributed by atoms with Crippen molar-refractivity contribution in [3.8, 4) is 5.75 Å². The Labute approximate surface area is 159 Å². The third-order valence-corrected chi connectivity index (χ3v) is 4.83. The Bertz CT molecular complexity index is 942. The fourth-order valence-electron chi connectivity index (χ4n) is 3.03. The van der Waals surface area contributed by atoms with E-state index in [-0.39, 0.29) is 12.1 Å². The molecule has 0 radical (unpaired) electrons. The Morgan fingerprint density at radius 2 is 1.81 bits per heavy atom. The zero-order valence-electron chi connectivity index (χ0n) is 14.0.